The fourth-order valence-corrected chi connectivity index (χ4v) is 3.40. The van der Waals surface area contributed by atoms with E-state index in [0.29, 0.717) is 12.4 Å². The minimum atomic E-state index is -0.577. The van der Waals surface area contributed by atoms with Crippen molar-refractivity contribution >= 4 is 11.3 Å². The van der Waals surface area contributed by atoms with Crippen molar-refractivity contribution < 1.29 is 9.52 Å². The van der Waals surface area contributed by atoms with Crippen molar-refractivity contribution in [2.75, 3.05) is 13.1 Å². The highest BCUT2D eigenvalue weighted by molar-refractivity contribution is 7.13. The molecule has 0 radical (unpaired) electrons. The summed E-state index contributed by atoms with van der Waals surface area (Å²) in [5.74, 6) is 1.58. The first-order valence-electron chi connectivity index (χ1n) is 6.98. The summed E-state index contributed by atoms with van der Waals surface area (Å²) in [6.07, 6.45) is 1.91. The van der Waals surface area contributed by atoms with E-state index in [1.54, 1.807) is 11.3 Å². The predicted octanol–water partition coefficient (Wildman–Crippen LogP) is 3.06. The molecule has 0 bridgehead atoms. The molecule has 0 spiro atoms. The van der Waals surface area contributed by atoms with Crippen LogP contribution in [0.25, 0.3) is 10.8 Å². The van der Waals surface area contributed by atoms with Gasteiger partial charge in [-0.15, -0.1) is 11.3 Å². The van der Waals surface area contributed by atoms with Crippen molar-refractivity contribution in [2.24, 2.45) is 0 Å². The number of piperidine rings is 1. The maximum atomic E-state index is 10.2. The van der Waals surface area contributed by atoms with E-state index < -0.39 is 5.60 Å². The van der Waals surface area contributed by atoms with Crippen LogP contribution in [0, 0.1) is 6.92 Å². The van der Waals surface area contributed by atoms with Crippen LogP contribution in [0.1, 0.15) is 31.2 Å². The molecule has 3 heterocycles. The van der Waals surface area contributed by atoms with Gasteiger partial charge in [-0.3, -0.25) is 4.90 Å². The van der Waals surface area contributed by atoms with E-state index in [9.17, 15) is 5.11 Å². The molecule has 0 aliphatic carbocycles. The van der Waals surface area contributed by atoms with Gasteiger partial charge in [0.1, 0.15) is 5.76 Å². The second-order valence-electron chi connectivity index (χ2n) is 5.81. The van der Waals surface area contributed by atoms with Gasteiger partial charge in [0.2, 0.25) is 5.89 Å². The molecular weight excluding hydrogens is 272 g/mol. The van der Waals surface area contributed by atoms with Gasteiger partial charge < -0.3 is 9.52 Å². The van der Waals surface area contributed by atoms with Gasteiger partial charge in [-0.1, -0.05) is 6.07 Å². The molecule has 20 heavy (non-hydrogen) atoms. The standard InChI is InChI=1S/C15H20N2O2S/c1-11-12(9-17-7-4-6-15(2,18)10-17)16-14(19-11)13-5-3-8-20-13/h3,5,8,18H,4,6-7,9-10H2,1-2H3. The molecule has 2 aromatic heterocycles. The minimum absolute atomic E-state index is 0.577. The maximum absolute atomic E-state index is 10.2. The first-order valence-corrected chi connectivity index (χ1v) is 7.86. The Kier molecular flexibility index (Phi) is 3.67. The first kappa shape index (κ1) is 13.8. The van der Waals surface area contributed by atoms with Crippen LogP contribution < -0.4 is 0 Å². The van der Waals surface area contributed by atoms with E-state index in [-0.39, 0.29) is 0 Å². The van der Waals surface area contributed by atoms with Gasteiger partial charge in [-0.05, 0) is 44.7 Å². The molecule has 5 heteroatoms. The minimum Gasteiger partial charge on any atom is -0.440 e. The van der Waals surface area contributed by atoms with Gasteiger partial charge in [0.05, 0.1) is 16.2 Å². The number of aliphatic hydroxyl groups is 1. The van der Waals surface area contributed by atoms with Crippen LogP contribution in [0.3, 0.4) is 0 Å². The zero-order chi connectivity index (χ0) is 14.2. The summed E-state index contributed by atoms with van der Waals surface area (Å²) in [7, 11) is 0. The van der Waals surface area contributed by atoms with Crippen LogP contribution in [-0.4, -0.2) is 33.7 Å². The molecule has 1 saturated heterocycles. The number of thiophene rings is 1. The lowest BCUT2D eigenvalue weighted by Gasteiger charge is -2.36. The van der Waals surface area contributed by atoms with Crippen molar-refractivity contribution in [2.45, 2.75) is 38.8 Å². The lowest BCUT2D eigenvalue weighted by atomic mass is 9.95. The molecule has 1 N–H and O–H groups in total. The van der Waals surface area contributed by atoms with Crippen molar-refractivity contribution in [3.8, 4) is 10.8 Å². The number of hydrogen-bond donors (Lipinski definition) is 1. The molecule has 108 valence electrons. The molecule has 2 aromatic rings. The molecule has 3 rings (SSSR count). The third-order valence-corrected chi connectivity index (χ3v) is 4.61. The molecule has 1 aliphatic rings. The van der Waals surface area contributed by atoms with Crippen LogP contribution >= 0.6 is 11.3 Å². The largest absolute Gasteiger partial charge is 0.440 e. The van der Waals surface area contributed by atoms with Gasteiger partial charge in [0.15, 0.2) is 0 Å². The van der Waals surface area contributed by atoms with E-state index in [0.717, 1.165) is 42.3 Å². The smallest absolute Gasteiger partial charge is 0.236 e. The fourth-order valence-electron chi connectivity index (χ4n) is 2.75. The van der Waals surface area contributed by atoms with Crippen LogP contribution in [-0.2, 0) is 6.54 Å². The molecule has 1 unspecified atom stereocenters. The second-order valence-corrected chi connectivity index (χ2v) is 6.76. The Balaban J connectivity index is 1.75. The number of aromatic nitrogens is 1. The van der Waals surface area contributed by atoms with Gasteiger partial charge in [-0.2, -0.15) is 0 Å². The summed E-state index contributed by atoms with van der Waals surface area (Å²) in [5, 5.41) is 12.2. The van der Waals surface area contributed by atoms with Gasteiger partial charge >= 0.3 is 0 Å². The second kappa shape index (κ2) is 5.31. The zero-order valence-corrected chi connectivity index (χ0v) is 12.7. The predicted molar refractivity (Wildman–Crippen MR) is 79.7 cm³/mol. The lowest BCUT2D eigenvalue weighted by molar-refractivity contribution is -0.0185. The molecule has 0 aromatic carbocycles. The van der Waals surface area contributed by atoms with E-state index >= 15 is 0 Å². The highest BCUT2D eigenvalue weighted by Gasteiger charge is 2.29. The Bertz CT molecular complexity index is 575. The molecule has 0 amide bonds. The Morgan fingerprint density at radius 2 is 2.40 bits per heavy atom. The number of nitrogens with zero attached hydrogens (tertiary/aromatic N) is 2. The highest BCUT2D eigenvalue weighted by atomic mass is 32.1. The van der Waals surface area contributed by atoms with E-state index in [1.165, 1.54) is 0 Å². The summed E-state index contributed by atoms with van der Waals surface area (Å²) < 4.78 is 5.76. The lowest BCUT2D eigenvalue weighted by Crippen LogP contribution is -2.45. The summed E-state index contributed by atoms with van der Waals surface area (Å²) in [4.78, 5) is 7.93. The molecule has 4 nitrogen and oxygen atoms in total. The first-order chi connectivity index (χ1) is 9.53. The Hall–Kier alpha value is -1.17. The van der Waals surface area contributed by atoms with Gasteiger partial charge in [0.25, 0.3) is 0 Å². The normalized spacial score (nSPS) is 24.1. The average Bonchev–Trinajstić information content (AvgIpc) is 2.98. The zero-order valence-electron chi connectivity index (χ0n) is 11.9. The summed E-state index contributed by atoms with van der Waals surface area (Å²) in [6.45, 7) is 6.33. The molecule has 0 saturated carbocycles. The van der Waals surface area contributed by atoms with Gasteiger partial charge in [-0.25, -0.2) is 4.98 Å². The van der Waals surface area contributed by atoms with E-state index in [1.807, 2.05) is 31.4 Å². The number of oxazole rings is 1. The van der Waals surface area contributed by atoms with Crippen LogP contribution in [0.2, 0.25) is 0 Å². The molecule has 1 atom stereocenters. The Morgan fingerprint density at radius 3 is 3.10 bits per heavy atom. The molecule has 1 fully saturated rings. The number of rotatable bonds is 3. The summed E-state index contributed by atoms with van der Waals surface area (Å²) in [6, 6.07) is 4.02. The van der Waals surface area contributed by atoms with Crippen molar-refractivity contribution in [1.29, 1.82) is 0 Å². The van der Waals surface area contributed by atoms with Crippen LogP contribution in [0.5, 0.6) is 0 Å². The fraction of sp³-hybridized carbons (Fsp3) is 0.533. The van der Waals surface area contributed by atoms with Crippen molar-refractivity contribution in [3.05, 3.63) is 29.0 Å². The van der Waals surface area contributed by atoms with Crippen molar-refractivity contribution in [1.82, 2.24) is 9.88 Å². The molecular formula is C15H20N2O2S. The summed E-state index contributed by atoms with van der Waals surface area (Å²) >= 11 is 1.63. The SMILES string of the molecule is Cc1oc(-c2cccs2)nc1CN1CCCC(C)(O)C1. The van der Waals surface area contributed by atoms with Crippen LogP contribution in [0.4, 0.5) is 0 Å². The van der Waals surface area contributed by atoms with E-state index in [4.69, 9.17) is 4.42 Å². The summed E-state index contributed by atoms with van der Waals surface area (Å²) in [5.41, 5.74) is 0.401. The Labute approximate surface area is 123 Å². The third-order valence-electron chi connectivity index (χ3n) is 3.75. The van der Waals surface area contributed by atoms with E-state index in [2.05, 4.69) is 9.88 Å². The molecule has 1 aliphatic heterocycles. The van der Waals surface area contributed by atoms with Crippen molar-refractivity contribution in [3.63, 3.8) is 0 Å². The average molecular weight is 292 g/mol. The topological polar surface area (TPSA) is 49.5 Å². The monoisotopic (exact) mass is 292 g/mol. The highest BCUT2D eigenvalue weighted by Crippen LogP contribution is 2.27. The van der Waals surface area contributed by atoms with Gasteiger partial charge in [0, 0.05) is 13.1 Å². The third kappa shape index (κ3) is 2.95. The number of likely N-dealkylation sites (tertiary alicyclic amines) is 1. The number of β-amino-alcohol motifs (C(OH)–C–C–N with tert-alkyl or cyclic N) is 1. The Morgan fingerprint density at radius 1 is 1.55 bits per heavy atom. The maximum Gasteiger partial charge on any atom is 0.236 e. The number of aryl methyl sites for hydroxylation is 1. The number of hydrogen-bond acceptors (Lipinski definition) is 5. The van der Waals surface area contributed by atoms with Crippen LogP contribution in [0.15, 0.2) is 21.9 Å². The quantitative estimate of drug-likeness (QED) is 0.944.